The summed E-state index contributed by atoms with van der Waals surface area (Å²) in [6.45, 7) is 0.114. The topological polar surface area (TPSA) is 106 Å². The largest absolute Gasteiger partial charge is 0.492 e. The van der Waals surface area contributed by atoms with E-state index in [-0.39, 0.29) is 55.7 Å². The van der Waals surface area contributed by atoms with Gasteiger partial charge in [0.2, 0.25) is 5.91 Å². The number of hydrogen-bond donors (Lipinski definition) is 1. The normalized spacial score (nSPS) is 18.5. The van der Waals surface area contributed by atoms with Crippen LogP contribution >= 0.6 is 46.6 Å². The van der Waals surface area contributed by atoms with E-state index in [4.69, 9.17) is 39.5 Å². The predicted octanol–water partition coefficient (Wildman–Crippen LogP) is 7.79. The number of nitrogens with zero attached hydrogens (tertiary/aromatic N) is 3. The van der Waals surface area contributed by atoms with Gasteiger partial charge in [0.05, 0.1) is 41.4 Å². The van der Waals surface area contributed by atoms with E-state index >= 15 is 4.39 Å². The Kier molecular flexibility index (Phi) is 8.51. The number of carbonyl (C=O) groups excluding carboxylic acids is 2. The van der Waals surface area contributed by atoms with Crippen LogP contribution in [0, 0.1) is 22.6 Å². The second-order valence-corrected chi connectivity index (χ2v) is 13.7. The molecule has 3 aromatic rings. The van der Waals surface area contributed by atoms with Gasteiger partial charge in [0.15, 0.2) is 11.6 Å². The number of hydrogen-bond acceptors (Lipinski definition) is 6. The zero-order valence-electron chi connectivity index (χ0n) is 24.1. The number of fused-ring (bicyclic) bond motifs is 1. The summed E-state index contributed by atoms with van der Waals surface area (Å²) in [5, 5.41) is 5.97. The van der Waals surface area contributed by atoms with Gasteiger partial charge in [-0.15, -0.1) is 0 Å². The van der Waals surface area contributed by atoms with E-state index in [1.165, 1.54) is 24.1 Å². The fraction of sp³-hybridized carbons (Fsp3) is 0.355. The number of ether oxygens (including phenoxy) is 1. The molecular formula is C31H24Cl3F3N4O4S. The van der Waals surface area contributed by atoms with Crippen LogP contribution in [0.4, 0.5) is 18.9 Å². The van der Waals surface area contributed by atoms with Crippen molar-refractivity contribution in [3.63, 3.8) is 0 Å². The lowest BCUT2D eigenvalue weighted by atomic mass is 9.92. The summed E-state index contributed by atoms with van der Waals surface area (Å²) in [6.07, 6.45) is 2.64. The number of alkyl halides is 3. The van der Waals surface area contributed by atoms with Crippen molar-refractivity contribution in [3.05, 3.63) is 78.9 Å². The molecule has 1 saturated carbocycles. The van der Waals surface area contributed by atoms with Crippen LogP contribution in [0.25, 0.3) is 0 Å². The van der Waals surface area contributed by atoms with E-state index in [1.807, 2.05) is 11.1 Å². The molecule has 1 saturated heterocycles. The van der Waals surface area contributed by atoms with Crippen LogP contribution in [0.1, 0.15) is 65.3 Å². The Morgan fingerprint density at radius 3 is 2.52 bits per heavy atom. The molecule has 1 atom stereocenters. The standard InChI is InChI=1S/C31H24Cl3F3N4O4S/c1-45-25-19(40-11-3-7-30(8-9-30)29(40)44)12-15-14-41(18(6-10-38)22(15)24(25)35)28(43)23-20(13-21(31(34,36)37)39-27(23)42)46-26-16(32)4-2-5-17(26)33/h2,4-5,12-13,18H,3,6-9,11,14H2,1H3,(H,39,42). The lowest BCUT2D eigenvalue weighted by Crippen LogP contribution is -2.42. The van der Waals surface area contributed by atoms with Crippen molar-refractivity contribution >= 4 is 64.1 Å². The number of carbonyl (C=O) groups is 2. The summed E-state index contributed by atoms with van der Waals surface area (Å²) in [5.74, 6) is -2.10. The molecular weight excluding hydrogens is 688 g/mol. The molecule has 3 aliphatic rings. The number of methoxy groups -OCH3 is 1. The van der Waals surface area contributed by atoms with Crippen molar-refractivity contribution in [1.29, 1.82) is 5.26 Å². The van der Waals surface area contributed by atoms with Gasteiger partial charge in [0.1, 0.15) is 11.3 Å². The van der Waals surface area contributed by atoms with E-state index in [2.05, 4.69) is 0 Å². The van der Waals surface area contributed by atoms with E-state index in [0.29, 0.717) is 23.9 Å². The number of benzene rings is 2. The van der Waals surface area contributed by atoms with Gasteiger partial charge in [0, 0.05) is 33.9 Å². The van der Waals surface area contributed by atoms with Gasteiger partial charge in [-0.05, 0) is 67.1 Å². The summed E-state index contributed by atoms with van der Waals surface area (Å²) in [5.41, 5.74) is -2.63. The number of nitrogens with one attached hydrogen (secondary N) is 1. The fourth-order valence-corrected chi connectivity index (χ4v) is 7.99. The van der Waals surface area contributed by atoms with Crippen molar-refractivity contribution in [3.8, 4) is 11.8 Å². The van der Waals surface area contributed by atoms with Gasteiger partial charge >= 0.3 is 5.38 Å². The van der Waals surface area contributed by atoms with Gasteiger partial charge in [0.25, 0.3) is 11.5 Å². The highest BCUT2D eigenvalue weighted by atomic mass is 35.5. The van der Waals surface area contributed by atoms with E-state index < -0.39 is 45.4 Å². The first kappa shape index (κ1) is 32.6. The molecule has 8 nitrogen and oxygen atoms in total. The number of nitriles is 1. The maximum Gasteiger partial charge on any atom is 0.362 e. The molecule has 2 amide bonds. The summed E-state index contributed by atoms with van der Waals surface area (Å²) in [6, 6.07) is 7.77. The second-order valence-electron chi connectivity index (χ2n) is 11.4. The highest BCUT2D eigenvalue weighted by Gasteiger charge is 2.54. The number of halogens is 6. The van der Waals surface area contributed by atoms with Crippen LogP contribution < -0.4 is 15.2 Å². The number of pyridine rings is 1. The Labute approximate surface area is 280 Å². The number of piperidine rings is 1. The van der Waals surface area contributed by atoms with Gasteiger partial charge < -0.3 is 19.5 Å². The van der Waals surface area contributed by atoms with Crippen molar-refractivity contribution in [2.45, 2.75) is 59.9 Å². The molecule has 0 bridgehead atoms. The molecule has 1 spiro atoms. The Balaban J connectivity index is 1.45. The number of aromatic amines is 1. The zero-order chi connectivity index (χ0) is 33.1. The highest BCUT2D eigenvalue weighted by Crippen LogP contribution is 2.55. The molecule has 2 aromatic carbocycles. The van der Waals surface area contributed by atoms with Crippen molar-refractivity contribution < 1.29 is 27.5 Å². The first-order valence-electron chi connectivity index (χ1n) is 14.2. The molecule has 1 aliphatic carbocycles. The fourth-order valence-electron chi connectivity index (χ4n) is 6.25. The molecule has 15 heteroatoms. The maximum absolute atomic E-state index is 16.3. The van der Waals surface area contributed by atoms with E-state index in [9.17, 15) is 28.4 Å². The minimum absolute atomic E-state index is 0.00443. The molecule has 2 fully saturated rings. The molecule has 3 heterocycles. The Bertz CT molecular complexity index is 1870. The lowest BCUT2D eigenvalue weighted by Gasteiger charge is -2.33. The Hall–Kier alpha value is -3.37. The van der Waals surface area contributed by atoms with Crippen LogP contribution in [0.3, 0.4) is 0 Å². The predicted molar refractivity (Wildman–Crippen MR) is 166 cm³/mol. The third kappa shape index (κ3) is 5.51. The third-order valence-electron chi connectivity index (χ3n) is 8.65. The van der Waals surface area contributed by atoms with Gasteiger partial charge in [-0.1, -0.05) is 41.0 Å². The highest BCUT2D eigenvalue weighted by molar-refractivity contribution is 7.99. The Morgan fingerprint density at radius 1 is 1.22 bits per heavy atom. The number of H-pyrrole nitrogens is 1. The maximum atomic E-state index is 16.3. The van der Waals surface area contributed by atoms with Crippen LogP contribution in [-0.4, -0.2) is 35.4 Å². The van der Waals surface area contributed by atoms with Crippen LogP contribution in [0.5, 0.6) is 5.75 Å². The average molecular weight is 712 g/mol. The van der Waals surface area contributed by atoms with Crippen molar-refractivity contribution in [1.82, 2.24) is 9.88 Å². The monoisotopic (exact) mass is 710 g/mol. The molecule has 1 aromatic heterocycles. The summed E-state index contributed by atoms with van der Waals surface area (Å²) < 4.78 is 50.2. The molecule has 240 valence electrons. The van der Waals surface area contributed by atoms with E-state index in [0.717, 1.165) is 36.6 Å². The van der Waals surface area contributed by atoms with Crippen LogP contribution in [0.15, 0.2) is 44.9 Å². The van der Waals surface area contributed by atoms with Crippen LogP contribution in [0.2, 0.25) is 10.0 Å². The SMILES string of the molecule is COc1c(N2CCCC3(CC3)C2=O)cc2c(c1F)C(CC#N)N(C(=O)c1c(Sc3c(Cl)cccc3Cl)cc(C(F)(F)Cl)[nH]c1=O)C2. The first-order chi connectivity index (χ1) is 21.8. The van der Waals surface area contributed by atoms with E-state index in [1.54, 1.807) is 12.1 Å². The quantitative estimate of drug-likeness (QED) is 0.251. The third-order valence-corrected chi connectivity index (χ3v) is 10.9. The van der Waals surface area contributed by atoms with Gasteiger partial charge in [-0.3, -0.25) is 14.4 Å². The molecule has 1 unspecified atom stereocenters. The smallest absolute Gasteiger partial charge is 0.362 e. The molecule has 0 radical (unpaired) electrons. The summed E-state index contributed by atoms with van der Waals surface area (Å²) in [7, 11) is 1.27. The summed E-state index contributed by atoms with van der Waals surface area (Å²) >= 11 is 18.6. The number of rotatable bonds is 7. The molecule has 2 aliphatic heterocycles. The number of aromatic nitrogens is 1. The zero-order valence-corrected chi connectivity index (χ0v) is 27.1. The number of anilines is 1. The average Bonchev–Trinajstić information content (AvgIpc) is 3.68. The van der Waals surface area contributed by atoms with Gasteiger partial charge in [-0.2, -0.15) is 14.0 Å². The lowest BCUT2D eigenvalue weighted by molar-refractivity contribution is -0.125. The van der Waals surface area contributed by atoms with Crippen molar-refractivity contribution in [2.24, 2.45) is 5.41 Å². The minimum atomic E-state index is -3.99. The molecule has 1 N–H and O–H groups in total. The molecule has 6 rings (SSSR count). The second kappa shape index (κ2) is 12.0. The van der Waals surface area contributed by atoms with Crippen LogP contribution in [-0.2, 0) is 16.7 Å². The summed E-state index contributed by atoms with van der Waals surface area (Å²) in [4.78, 5) is 45.6. The van der Waals surface area contributed by atoms with Gasteiger partial charge in [-0.25, -0.2) is 4.39 Å². The molecule has 46 heavy (non-hydrogen) atoms. The number of amides is 2. The van der Waals surface area contributed by atoms with Crippen molar-refractivity contribution in [2.75, 3.05) is 18.6 Å². The minimum Gasteiger partial charge on any atom is -0.492 e. The Morgan fingerprint density at radius 2 is 1.91 bits per heavy atom. The first-order valence-corrected chi connectivity index (χ1v) is 16.1.